The lowest BCUT2D eigenvalue weighted by molar-refractivity contribution is -0.265. The van der Waals surface area contributed by atoms with Gasteiger partial charge in [0.25, 0.3) is 0 Å². The molecule has 5 rings (SSSR count). The van der Waals surface area contributed by atoms with Gasteiger partial charge in [-0.05, 0) is 36.5 Å². The summed E-state index contributed by atoms with van der Waals surface area (Å²) in [5.41, 5.74) is 3.33. The second kappa shape index (κ2) is 4.48. The molecule has 2 bridgehead atoms. The van der Waals surface area contributed by atoms with E-state index in [0.29, 0.717) is 16.4 Å². The van der Waals surface area contributed by atoms with Gasteiger partial charge in [0.1, 0.15) is 0 Å². The van der Waals surface area contributed by atoms with E-state index in [9.17, 15) is 0 Å². The molecule has 3 nitrogen and oxygen atoms in total. The Kier molecular flexibility index (Phi) is 3.01. The van der Waals surface area contributed by atoms with Crippen molar-refractivity contribution in [3.63, 3.8) is 0 Å². The third-order valence-corrected chi connectivity index (χ3v) is 6.87. The van der Waals surface area contributed by atoms with E-state index in [0.717, 1.165) is 26.3 Å². The summed E-state index contributed by atoms with van der Waals surface area (Å²) in [6, 6.07) is 0. The Balaban J connectivity index is 1.36. The maximum atomic E-state index is 5.46. The zero-order chi connectivity index (χ0) is 14.7. The third-order valence-electron chi connectivity index (χ3n) is 6.87. The quantitative estimate of drug-likeness (QED) is 0.778. The molecule has 0 N–H and O–H groups in total. The number of morpholine rings is 1. The number of ether oxygens (including phenoxy) is 1. The van der Waals surface area contributed by atoms with Gasteiger partial charge < -0.3 is 9.64 Å². The minimum Gasteiger partial charge on any atom is -0.378 e. The molecule has 0 atom stereocenters. The summed E-state index contributed by atoms with van der Waals surface area (Å²) in [5, 5.41) is 0. The van der Waals surface area contributed by atoms with Crippen molar-refractivity contribution in [3.05, 3.63) is 11.8 Å². The molecule has 0 aromatic heterocycles. The molecular weight excluding hydrogens is 260 g/mol. The van der Waals surface area contributed by atoms with Crippen LogP contribution in [0.2, 0.25) is 0 Å². The Morgan fingerprint density at radius 3 is 2.24 bits per heavy atom. The summed E-state index contributed by atoms with van der Waals surface area (Å²) in [6.07, 6.45) is 8.09. The molecule has 3 heteroatoms. The van der Waals surface area contributed by atoms with Crippen molar-refractivity contribution in [2.45, 2.75) is 52.0 Å². The van der Waals surface area contributed by atoms with Crippen LogP contribution in [0.5, 0.6) is 0 Å². The molecule has 0 radical (unpaired) electrons. The van der Waals surface area contributed by atoms with Crippen molar-refractivity contribution >= 4 is 0 Å². The minimum atomic E-state index is 0.499. The molecule has 0 aromatic rings. The highest BCUT2D eigenvalue weighted by Crippen LogP contribution is 2.76. The fourth-order valence-electron chi connectivity index (χ4n) is 5.09. The number of hydrogen-bond acceptors (Lipinski definition) is 3. The molecule has 4 fully saturated rings. The SMILES string of the molecule is CC(C)(C)C12CC(N3CC=C(N4CCOCC4)CC3)(C1)C2. The van der Waals surface area contributed by atoms with Crippen LogP contribution in [-0.4, -0.2) is 54.7 Å². The number of nitrogens with zero attached hydrogens (tertiary/aromatic N) is 2. The van der Waals surface area contributed by atoms with Crippen LogP contribution in [0.3, 0.4) is 0 Å². The molecule has 1 saturated heterocycles. The molecular formula is C18H30N2O. The fraction of sp³-hybridized carbons (Fsp3) is 0.889. The van der Waals surface area contributed by atoms with Gasteiger partial charge in [0.05, 0.1) is 13.2 Å². The number of rotatable bonds is 2. The lowest BCUT2D eigenvalue weighted by atomic mass is 9.32. The summed E-state index contributed by atoms with van der Waals surface area (Å²) in [5.74, 6) is 0. The third kappa shape index (κ3) is 2.00. The standard InChI is InChI=1S/C18H30N2O/c1-16(2,3)17-12-18(13-17,14-17)20-6-4-15(5-7-20)19-8-10-21-11-9-19/h4H,5-14H2,1-3H3. The van der Waals surface area contributed by atoms with Crippen LogP contribution in [0.1, 0.15) is 46.5 Å². The van der Waals surface area contributed by atoms with E-state index < -0.39 is 0 Å². The highest BCUT2D eigenvalue weighted by Gasteiger charge is 2.73. The van der Waals surface area contributed by atoms with Gasteiger partial charge in [-0.15, -0.1) is 0 Å². The topological polar surface area (TPSA) is 15.7 Å². The van der Waals surface area contributed by atoms with Crippen LogP contribution in [0.15, 0.2) is 11.8 Å². The predicted molar refractivity (Wildman–Crippen MR) is 85.1 cm³/mol. The fourth-order valence-corrected chi connectivity index (χ4v) is 5.09. The maximum absolute atomic E-state index is 5.46. The number of hydrogen-bond donors (Lipinski definition) is 0. The highest BCUT2D eigenvalue weighted by molar-refractivity contribution is 5.28. The summed E-state index contributed by atoms with van der Waals surface area (Å²) in [7, 11) is 0. The van der Waals surface area contributed by atoms with Crippen molar-refractivity contribution < 1.29 is 4.74 Å². The van der Waals surface area contributed by atoms with E-state index in [4.69, 9.17) is 4.74 Å². The van der Waals surface area contributed by atoms with E-state index in [1.165, 1.54) is 38.8 Å². The van der Waals surface area contributed by atoms with Crippen LogP contribution >= 0.6 is 0 Å². The van der Waals surface area contributed by atoms with Crippen LogP contribution in [-0.2, 0) is 4.74 Å². The Morgan fingerprint density at radius 1 is 1.05 bits per heavy atom. The molecule has 2 aliphatic heterocycles. The minimum absolute atomic E-state index is 0.499. The second-order valence-electron chi connectivity index (χ2n) is 8.78. The summed E-state index contributed by atoms with van der Waals surface area (Å²) >= 11 is 0. The second-order valence-corrected chi connectivity index (χ2v) is 8.78. The van der Waals surface area contributed by atoms with Crippen LogP contribution < -0.4 is 0 Å². The summed E-state index contributed by atoms with van der Waals surface area (Å²) in [6.45, 7) is 13.7. The van der Waals surface area contributed by atoms with Crippen molar-refractivity contribution in [2.24, 2.45) is 10.8 Å². The van der Waals surface area contributed by atoms with Crippen molar-refractivity contribution in [1.82, 2.24) is 9.80 Å². The first-order chi connectivity index (χ1) is 9.94. The van der Waals surface area contributed by atoms with E-state index in [2.05, 4.69) is 36.6 Å². The molecule has 0 spiro atoms. The molecule has 118 valence electrons. The Labute approximate surface area is 129 Å². The monoisotopic (exact) mass is 290 g/mol. The van der Waals surface area contributed by atoms with E-state index in [1.807, 2.05) is 0 Å². The first-order valence-electron chi connectivity index (χ1n) is 8.71. The van der Waals surface area contributed by atoms with Gasteiger partial charge in [-0.25, -0.2) is 0 Å². The lowest BCUT2D eigenvalue weighted by Gasteiger charge is -2.78. The average Bonchev–Trinajstić information content (AvgIpc) is 2.36. The van der Waals surface area contributed by atoms with E-state index >= 15 is 0 Å². The highest BCUT2D eigenvalue weighted by atomic mass is 16.5. The largest absolute Gasteiger partial charge is 0.378 e. The normalized spacial score (nSPS) is 40.3. The van der Waals surface area contributed by atoms with Crippen molar-refractivity contribution in [3.8, 4) is 0 Å². The Hall–Kier alpha value is -0.540. The predicted octanol–water partition coefficient (Wildman–Crippen LogP) is 2.88. The lowest BCUT2D eigenvalue weighted by Crippen LogP contribution is -2.78. The van der Waals surface area contributed by atoms with Gasteiger partial charge in [-0.2, -0.15) is 0 Å². The Bertz CT molecular complexity index is 437. The van der Waals surface area contributed by atoms with Crippen molar-refractivity contribution in [2.75, 3.05) is 39.4 Å². The Morgan fingerprint density at radius 2 is 1.71 bits per heavy atom. The molecule has 0 amide bonds. The first-order valence-corrected chi connectivity index (χ1v) is 8.71. The van der Waals surface area contributed by atoms with Crippen molar-refractivity contribution in [1.29, 1.82) is 0 Å². The summed E-state index contributed by atoms with van der Waals surface area (Å²) < 4.78 is 5.46. The van der Waals surface area contributed by atoms with Crippen LogP contribution in [0, 0.1) is 10.8 Å². The van der Waals surface area contributed by atoms with Gasteiger partial charge in [-0.3, -0.25) is 4.90 Å². The van der Waals surface area contributed by atoms with Crippen LogP contribution in [0.25, 0.3) is 0 Å². The zero-order valence-electron chi connectivity index (χ0n) is 14.0. The molecule has 3 aliphatic carbocycles. The van der Waals surface area contributed by atoms with Gasteiger partial charge in [0, 0.05) is 37.4 Å². The first kappa shape index (κ1) is 14.1. The average molecular weight is 290 g/mol. The van der Waals surface area contributed by atoms with Gasteiger partial charge in [-0.1, -0.05) is 26.8 Å². The molecule has 0 unspecified atom stereocenters. The summed E-state index contributed by atoms with van der Waals surface area (Å²) in [4.78, 5) is 5.32. The van der Waals surface area contributed by atoms with Gasteiger partial charge in [0.2, 0.25) is 0 Å². The van der Waals surface area contributed by atoms with E-state index in [-0.39, 0.29) is 0 Å². The molecule has 0 aromatic carbocycles. The van der Waals surface area contributed by atoms with Gasteiger partial charge >= 0.3 is 0 Å². The zero-order valence-corrected chi connectivity index (χ0v) is 14.0. The smallest absolute Gasteiger partial charge is 0.0642 e. The molecule has 5 aliphatic rings. The molecule has 2 heterocycles. The van der Waals surface area contributed by atoms with Gasteiger partial charge in [0.15, 0.2) is 0 Å². The van der Waals surface area contributed by atoms with Crippen LogP contribution in [0.4, 0.5) is 0 Å². The molecule has 3 saturated carbocycles. The maximum Gasteiger partial charge on any atom is 0.0642 e. The van der Waals surface area contributed by atoms with E-state index in [1.54, 1.807) is 5.70 Å². The molecule has 21 heavy (non-hydrogen) atoms.